The molecular weight excluding hydrogens is 312 g/mol. The Morgan fingerprint density at radius 3 is 2.76 bits per heavy atom. The fourth-order valence-electron chi connectivity index (χ4n) is 3.55. The molecule has 0 spiro atoms. The summed E-state index contributed by atoms with van der Waals surface area (Å²) in [7, 11) is 2.12. The minimum absolute atomic E-state index is 0.0863. The summed E-state index contributed by atoms with van der Waals surface area (Å²) < 4.78 is 0. The van der Waals surface area contributed by atoms with E-state index in [-0.39, 0.29) is 11.9 Å². The van der Waals surface area contributed by atoms with Gasteiger partial charge in [0.15, 0.2) is 0 Å². The number of H-pyrrole nitrogens is 1. The minimum atomic E-state index is 0.0863. The van der Waals surface area contributed by atoms with E-state index in [1.807, 2.05) is 36.1 Å². The summed E-state index contributed by atoms with van der Waals surface area (Å²) in [4.78, 5) is 24.9. The van der Waals surface area contributed by atoms with Crippen LogP contribution in [-0.4, -0.2) is 52.4 Å². The van der Waals surface area contributed by atoms with E-state index in [2.05, 4.69) is 46.2 Å². The van der Waals surface area contributed by atoms with Gasteiger partial charge in [-0.2, -0.15) is 0 Å². The lowest BCUT2D eigenvalue weighted by atomic mass is 10.0. The molecule has 1 saturated heterocycles. The maximum atomic E-state index is 13.0. The number of aromatic amines is 1. The summed E-state index contributed by atoms with van der Waals surface area (Å²) >= 11 is 0. The lowest BCUT2D eigenvalue weighted by Crippen LogP contribution is -2.49. The molecule has 2 heterocycles. The van der Waals surface area contributed by atoms with Crippen molar-refractivity contribution in [3.05, 3.63) is 65.5 Å². The molecule has 2 aromatic carbocycles. The van der Waals surface area contributed by atoms with Crippen molar-refractivity contribution in [2.75, 3.05) is 26.7 Å². The third-order valence-corrected chi connectivity index (χ3v) is 4.97. The highest BCUT2D eigenvalue weighted by molar-refractivity contribution is 5.97. The second-order valence-electron chi connectivity index (χ2n) is 6.71. The molecule has 1 N–H and O–H groups in total. The van der Waals surface area contributed by atoms with Crippen LogP contribution in [0.2, 0.25) is 0 Å². The molecular formula is C20H22N4O. The quantitative estimate of drug-likeness (QED) is 0.784. The number of aromatic nitrogens is 2. The normalized spacial score (nSPS) is 18.6. The van der Waals surface area contributed by atoms with Crippen molar-refractivity contribution >= 4 is 16.9 Å². The summed E-state index contributed by atoms with van der Waals surface area (Å²) in [5.41, 5.74) is 3.78. The topological polar surface area (TPSA) is 52.2 Å². The first-order valence-electron chi connectivity index (χ1n) is 8.62. The Morgan fingerprint density at radius 1 is 1.16 bits per heavy atom. The number of amides is 1. The predicted octanol–water partition coefficient (Wildman–Crippen LogP) is 3.00. The molecule has 5 heteroatoms. The Labute approximate surface area is 147 Å². The van der Waals surface area contributed by atoms with Crippen molar-refractivity contribution in [1.29, 1.82) is 0 Å². The van der Waals surface area contributed by atoms with E-state index in [1.165, 1.54) is 5.56 Å². The largest absolute Gasteiger partial charge is 0.342 e. The Kier molecular flexibility index (Phi) is 4.01. The summed E-state index contributed by atoms with van der Waals surface area (Å²) in [6.07, 6.45) is 0. The molecule has 0 radical (unpaired) electrons. The van der Waals surface area contributed by atoms with Crippen LogP contribution in [0.4, 0.5) is 0 Å². The van der Waals surface area contributed by atoms with Crippen LogP contribution < -0.4 is 0 Å². The van der Waals surface area contributed by atoms with Gasteiger partial charge in [-0.15, -0.1) is 0 Å². The van der Waals surface area contributed by atoms with E-state index in [1.54, 1.807) is 0 Å². The number of benzene rings is 2. The number of nitrogens with one attached hydrogen (secondary N) is 1. The predicted molar refractivity (Wildman–Crippen MR) is 98.5 cm³/mol. The first kappa shape index (κ1) is 15.8. The van der Waals surface area contributed by atoms with Crippen molar-refractivity contribution in [3.8, 4) is 0 Å². The molecule has 1 atom stereocenters. The minimum Gasteiger partial charge on any atom is -0.342 e. The molecule has 128 valence electrons. The summed E-state index contributed by atoms with van der Waals surface area (Å²) in [5, 5.41) is 0. The number of rotatable bonds is 2. The second kappa shape index (κ2) is 6.33. The van der Waals surface area contributed by atoms with E-state index in [9.17, 15) is 4.79 Å². The maximum absolute atomic E-state index is 13.0. The van der Waals surface area contributed by atoms with Crippen LogP contribution in [0.1, 0.15) is 27.8 Å². The van der Waals surface area contributed by atoms with Gasteiger partial charge in [-0.3, -0.25) is 9.69 Å². The molecule has 5 nitrogen and oxygen atoms in total. The van der Waals surface area contributed by atoms with Gasteiger partial charge in [-0.1, -0.05) is 30.3 Å². The molecule has 1 aromatic heterocycles. The zero-order valence-corrected chi connectivity index (χ0v) is 14.6. The standard InChI is InChI=1S/C20H22N4O/c1-14-21-17-9-8-16(12-18(17)22-14)20(25)24-11-10-23(2)19(13-24)15-6-4-3-5-7-15/h3-9,12,19H,10-11,13H2,1-2H3,(H,21,22)/t19-/m0/s1. The molecule has 0 aliphatic carbocycles. The molecule has 4 rings (SSSR count). The number of carbonyl (C=O) groups is 1. The first-order valence-corrected chi connectivity index (χ1v) is 8.62. The monoisotopic (exact) mass is 334 g/mol. The maximum Gasteiger partial charge on any atom is 0.254 e. The van der Waals surface area contributed by atoms with Gasteiger partial charge in [0, 0.05) is 25.2 Å². The SMILES string of the molecule is Cc1nc2ccc(C(=O)N3CCN(C)[C@H](c4ccccc4)C3)cc2[nH]1. The number of fused-ring (bicyclic) bond motifs is 1. The van der Waals surface area contributed by atoms with Crippen molar-refractivity contribution in [3.63, 3.8) is 0 Å². The van der Waals surface area contributed by atoms with Gasteiger partial charge in [0.1, 0.15) is 5.82 Å². The van der Waals surface area contributed by atoms with Gasteiger partial charge in [-0.25, -0.2) is 4.98 Å². The zero-order chi connectivity index (χ0) is 17.4. The number of carbonyl (C=O) groups excluding carboxylic acids is 1. The molecule has 25 heavy (non-hydrogen) atoms. The number of aryl methyl sites for hydroxylation is 1. The highest BCUT2D eigenvalue weighted by Gasteiger charge is 2.29. The van der Waals surface area contributed by atoms with Gasteiger partial charge >= 0.3 is 0 Å². The van der Waals surface area contributed by atoms with Crippen LogP contribution in [0.3, 0.4) is 0 Å². The highest BCUT2D eigenvalue weighted by Crippen LogP contribution is 2.25. The summed E-state index contributed by atoms with van der Waals surface area (Å²) in [5.74, 6) is 0.950. The third kappa shape index (κ3) is 3.03. The third-order valence-electron chi connectivity index (χ3n) is 4.97. The van der Waals surface area contributed by atoms with Crippen molar-refractivity contribution in [2.24, 2.45) is 0 Å². The smallest absolute Gasteiger partial charge is 0.254 e. The Balaban J connectivity index is 1.58. The van der Waals surface area contributed by atoms with Crippen LogP contribution in [0, 0.1) is 6.92 Å². The van der Waals surface area contributed by atoms with Gasteiger partial charge in [0.25, 0.3) is 5.91 Å². The van der Waals surface area contributed by atoms with Crippen molar-refractivity contribution in [1.82, 2.24) is 19.8 Å². The second-order valence-corrected chi connectivity index (χ2v) is 6.71. The first-order chi connectivity index (χ1) is 12.1. The molecule has 3 aromatic rings. The van der Waals surface area contributed by atoms with Crippen molar-refractivity contribution < 1.29 is 4.79 Å². The van der Waals surface area contributed by atoms with Crippen LogP contribution in [-0.2, 0) is 0 Å². The number of hydrogen-bond donors (Lipinski definition) is 1. The van der Waals surface area contributed by atoms with Gasteiger partial charge in [0.2, 0.25) is 0 Å². The molecule has 0 bridgehead atoms. The fraction of sp³-hybridized carbons (Fsp3) is 0.300. The number of piperazine rings is 1. The Morgan fingerprint density at radius 2 is 1.96 bits per heavy atom. The Bertz CT molecular complexity index is 902. The molecule has 1 aliphatic rings. The Hall–Kier alpha value is -2.66. The lowest BCUT2D eigenvalue weighted by molar-refractivity contribution is 0.0546. The average Bonchev–Trinajstić information content (AvgIpc) is 3.01. The molecule has 1 amide bonds. The zero-order valence-electron chi connectivity index (χ0n) is 14.6. The summed E-state index contributed by atoms with van der Waals surface area (Å²) in [6, 6.07) is 16.3. The van der Waals surface area contributed by atoms with E-state index in [4.69, 9.17) is 0 Å². The number of imidazole rings is 1. The van der Waals surface area contributed by atoms with Gasteiger partial charge in [0.05, 0.1) is 17.1 Å². The number of nitrogens with zero attached hydrogens (tertiary/aromatic N) is 3. The molecule has 0 unspecified atom stereocenters. The van der Waals surface area contributed by atoms with Crippen LogP contribution in [0.25, 0.3) is 11.0 Å². The van der Waals surface area contributed by atoms with Gasteiger partial charge < -0.3 is 9.88 Å². The highest BCUT2D eigenvalue weighted by atomic mass is 16.2. The molecule has 0 saturated carbocycles. The number of hydrogen-bond acceptors (Lipinski definition) is 3. The van der Waals surface area contributed by atoms with E-state index in [0.29, 0.717) is 12.1 Å². The van der Waals surface area contributed by atoms with Crippen LogP contribution in [0.5, 0.6) is 0 Å². The van der Waals surface area contributed by atoms with Crippen LogP contribution >= 0.6 is 0 Å². The lowest BCUT2D eigenvalue weighted by Gasteiger charge is -2.39. The fourth-order valence-corrected chi connectivity index (χ4v) is 3.55. The van der Waals surface area contributed by atoms with Crippen molar-refractivity contribution in [2.45, 2.75) is 13.0 Å². The van der Waals surface area contributed by atoms with E-state index < -0.39 is 0 Å². The van der Waals surface area contributed by atoms with E-state index in [0.717, 1.165) is 29.9 Å². The summed E-state index contributed by atoms with van der Waals surface area (Å²) in [6.45, 7) is 4.25. The van der Waals surface area contributed by atoms with E-state index >= 15 is 0 Å². The average molecular weight is 334 g/mol. The van der Waals surface area contributed by atoms with Gasteiger partial charge in [-0.05, 0) is 37.7 Å². The molecule has 1 fully saturated rings. The number of likely N-dealkylation sites (N-methyl/N-ethyl adjacent to an activating group) is 1. The molecule has 1 aliphatic heterocycles. The van der Waals surface area contributed by atoms with Crippen LogP contribution in [0.15, 0.2) is 48.5 Å².